The highest BCUT2D eigenvalue weighted by Gasteiger charge is 2.10. The van der Waals surface area contributed by atoms with Crippen LogP contribution in [0.25, 0.3) is 0 Å². The van der Waals surface area contributed by atoms with Gasteiger partial charge in [0.25, 0.3) is 0 Å². The van der Waals surface area contributed by atoms with Crippen molar-refractivity contribution >= 4 is 28.9 Å². The molecule has 7 heteroatoms. The lowest BCUT2D eigenvalue weighted by Crippen LogP contribution is -2.16. The van der Waals surface area contributed by atoms with Gasteiger partial charge in [0.05, 0.1) is 24.9 Å². The normalized spacial score (nSPS) is 10.2. The van der Waals surface area contributed by atoms with Gasteiger partial charge in [0.1, 0.15) is 17.3 Å². The van der Waals surface area contributed by atoms with Crippen LogP contribution in [-0.4, -0.2) is 26.7 Å². The molecule has 0 saturated carbocycles. The van der Waals surface area contributed by atoms with Gasteiger partial charge in [-0.05, 0) is 24.3 Å². The number of hydrogen-bond acceptors (Lipinski definition) is 4. The number of amides is 1. The predicted molar refractivity (Wildman–Crippen MR) is 92.7 cm³/mol. The molecule has 0 radical (unpaired) electrons. The Morgan fingerprint density at radius 2 is 1.79 bits per heavy atom. The summed E-state index contributed by atoms with van der Waals surface area (Å²) in [6.07, 6.45) is 0.228. The Morgan fingerprint density at radius 1 is 1.12 bits per heavy atom. The molecule has 1 amide bonds. The molecule has 0 unspecified atom stereocenters. The minimum absolute atomic E-state index is 0.186. The summed E-state index contributed by atoms with van der Waals surface area (Å²) in [7, 11) is 3.05. The second-order valence-electron chi connectivity index (χ2n) is 4.92. The first kappa shape index (κ1) is 17.9. The van der Waals surface area contributed by atoms with Gasteiger partial charge in [-0.1, -0.05) is 11.6 Å². The summed E-state index contributed by atoms with van der Waals surface area (Å²) in [5, 5.41) is 6.24. The van der Waals surface area contributed by atoms with Gasteiger partial charge < -0.3 is 20.1 Å². The van der Waals surface area contributed by atoms with E-state index >= 15 is 0 Å². The molecule has 0 aliphatic heterocycles. The molecule has 0 aliphatic rings. The number of hydrogen-bond donors (Lipinski definition) is 2. The third kappa shape index (κ3) is 4.76. The van der Waals surface area contributed by atoms with E-state index in [9.17, 15) is 9.18 Å². The summed E-state index contributed by atoms with van der Waals surface area (Å²) in [5.74, 6) is 0.530. The number of anilines is 2. The fourth-order valence-corrected chi connectivity index (χ4v) is 2.30. The maximum atomic E-state index is 12.8. The van der Waals surface area contributed by atoms with E-state index in [1.54, 1.807) is 12.1 Å². The molecule has 0 atom stereocenters. The summed E-state index contributed by atoms with van der Waals surface area (Å²) in [4.78, 5) is 11.9. The number of nitrogens with one attached hydrogen (secondary N) is 2. The molecule has 0 saturated heterocycles. The van der Waals surface area contributed by atoms with Gasteiger partial charge in [0, 0.05) is 30.8 Å². The van der Waals surface area contributed by atoms with Crippen LogP contribution in [0.1, 0.15) is 6.42 Å². The smallest absolute Gasteiger partial charge is 0.226 e. The van der Waals surface area contributed by atoms with Crippen molar-refractivity contribution in [1.82, 2.24) is 0 Å². The van der Waals surface area contributed by atoms with Crippen molar-refractivity contribution in [2.45, 2.75) is 6.42 Å². The lowest BCUT2D eigenvalue weighted by molar-refractivity contribution is -0.115. The Bertz CT molecular complexity index is 708. The van der Waals surface area contributed by atoms with Gasteiger partial charge in [-0.25, -0.2) is 4.39 Å². The van der Waals surface area contributed by atoms with Gasteiger partial charge in [-0.2, -0.15) is 0 Å². The van der Waals surface area contributed by atoms with Gasteiger partial charge >= 0.3 is 0 Å². The van der Waals surface area contributed by atoms with Crippen LogP contribution in [0.4, 0.5) is 15.8 Å². The zero-order valence-electron chi connectivity index (χ0n) is 13.4. The van der Waals surface area contributed by atoms with Crippen molar-refractivity contribution in [1.29, 1.82) is 0 Å². The molecule has 128 valence electrons. The average molecular weight is 353 g/mol. The molecule has 5 nitrogen and oxygen atoms in total. The third-order valence-corrected chi connectivity index (χ3v) is 3.56. The topological polar surface area (TPSA) is 59.6 Å². The second kappa shape index (κ2) is 8.40. The average Bonchev–Trinajstić information content (AvgIpc) is 2.57. The highest BCUT2D eigenvalue weighted by atomic mass is 35.5. The summed E-state index contributed by atoms with van der Waals surface area (Å²) in [5.41, 5.74) is 1.22. The maximum absolute atomic E-state index is 12.8. The van der Waals surface area contributed by atoms with Crippen molar-refractivity contribution in [3.05, 3.63) is 47.2 Å². The minimum Gasteiger partial charge on any atom is -0.495 e. The first-order valence-electron chi connectivity index (χ1n) is 7.24. The van der Waals surface area contributed by atoms with E-state index in [2.05, 4.69) is 10.6 Å². The first-order valence-corrected chi connectivity index (χ1v) is 7.62. The van der Waals surface area contributed by atoms with E-state index in [4.69, 9.17) is 21.1 Å². The largest absolute Gasteiger partial charge is 0.495 e. The van der Waals surface area contributed by atoms with Crippen molar-refractivity contribution < 1.29 is 18.7 Å². The van der Waals surface area contributed by atoms with E-state index in [1.807, 2.05) is 0 Å². The number of halogens is 2. The van der Waals surface area contributed by atoms with E-state index in [0.29, 0.717) is 34.4 Å². The summed E-state index contributed by atoms with van der Waals surface area (Å²) < 4.78 is 23.2. The number of carbonyl (C=O) groups is 1. The SMILES string of the molecule is COc1cc(NCCC(=O)Nc2ccc(F)cc2)c(OC)cc1Cl. The molecule has 0 heterocycles. The van der Waals surface area contributed by atoms with Crippen LogP contribution in [0.2, 0.25) is 5.02 Å². The monoisotopic (exact) mass is 352 g/mol. The molecule has 2 aromatic carbocycles. The molecule has 2 N–H and O–H groups in total. The van der Waals surface area contributed by atoms with Crippen molar-refractivity contribution in [3.63, 3.8) is 0 Å². The van der Waals surface area contributed by atoms with Crippen LogP contribution in [0, 0.1) is 5.82 Å². The molecule has 2 aromatic rings. The fraction of sp³-hybridized carbons (Fsp3) is 0.235. The lowest BCUT2D eigenvalue weighted by Gasteiger charge is -2.14. The molecule has 0 fully saturated rings. The number of ether oxygens (including phenoxy) is 2. The fourth-order valence-electron chi connectivity index (χ4n) is 2.07. The first-order chi connectivity index (χ1) is 11.5. The standard InChI is InChI=1S/C17H18ClFN2O3/c1-23-15-10-14(16(24-2)9-13(15)18)20-8-7-17(22)21-12-5-3-11(19)4-6-12/h3-6,9-10,20H,7-8H2,1-2H3,(H,21,22). The van der Waals surface area contributed by atoms with Crippen molar-refractivity contribution in [2.75, 3.05) is 31.4 Å². The molecule has 0 bridgehead atoms. The molecule has 0 spiro atoms. The Kier molecular flexibility index (Phi) is 6.26. The molecule has 0 aromatic heterocycles. The Labute approximate surface area is 144 Å². The summed E-state index contributed by atoms with van der Waals surface area (Å²) >= 11 is 6.04. The number of benzene rings is 2. The van der Waals surface area contributed by atoms with Crippen molar-refractivity contribution in [2.24, 2.45) is 0 Å². The van der Waals surface area contributed by atoms with E-state index in [0.717, 1.165) is 0 Å². The van der Waals surface area contributed by atoms with Gasteiger partial charge in [-0.15, -0.1) is 0 Å². The quantitative estimate of drug-likeness (QED) is 0.792. The molecule has 0 aliphatic carbocycles. The maximum Gasteiger partial charge on any atom is 0.226 e. The molecule has 2 rings (SSSR count). The Hall–Kier alpha value is -2.47. The van der Waals surface area contributed by atoms with Crippen LogP contribution in [-0.2, 0) is 4.79 Å². The van der Waals surface area contributed by atoms with Gasteiger partial charge in [0.15, 0.2) is 0 Å². The van der Waals surface area contributed by atoms with Crippen LogP contribution >= 0.6 is 11.6 Å². The van der Waals surface area contributed by atoms with Crippen molar-refractivity contribution in [3.8, 4) is 11.5 Å². The number of rotatable bonds is 7. The Balaban J connectivity index is 1.91. The summed E-state index contributed by atoms with van der Waals surface area (Å²) in [6.45, 7) is 0.383. The van der Waals surface area contributed by atoms with Crippen LogP contribution in [0.3, 0.4) is 0 Å². The summed E-state index contributed by atoms with van der Waals surface area (Å²) in [6, 6.07) is 8.94. The number of methoxy groups -OCH3 is 2. The molecular formula is C17H18ClFN2O3. The van der Waals surface area contributed by atoms with Crippen LogP contribution in [0.5, 0.6) is 11.5 Å². The van der Waals surface area contributed by atoms with E-state index in [1.165, 1.54) is 38.5 Å². The van der Waals surface area contributed by atoms with Gasteiger partial charge in [0.2, 0.25) is 5.91 Å². The molecular weight excluding hydrogens is 335 g/mol. The van der Waals surface area contributed by atoms with E-state index in [-0.39, 0.29) is 18.1 Å². The second-order valence-corrected chi connectivity index (χ2v) is 5.33. The minimum atomic E-state index is -0.349. The van der Waals surface area contributed by atoms with Gasteiger partial charge in [-0.3, -0.25) is 4.79 Å². The lowest BCUT2D eigenvalue weighted by atomic mass is 10.2. The molecule has 24 heavy (non-hydrogen) atoms. The highest BCUT2D eigenvalue weighted by Crippen LogP contribution is 2.35. The van der Waals surface area contributed by atoms with Crippen LogP contribution in [0.15, 0.2) is 36.4 Å². The number of carbonyl (C=O) groups excluding carboxylic acids is 1. The zero-order chi connectivity index (χ0) is 17.5. The van der Waals surface area contributed by atoms with Crippen LogP contribution < -0.4 is 20.1 Å². The Morgan fingerprint density at radius 3 is 2.42 bits per heavy atom. The highest BCUT2D eigenvalue weighted by molar-refractivity contribution is 6.32. The predicted octanol–water partition coefficient (Wildman–Crippen LogP) is 3.94. The zero-order valence-corrected chi connectivity index (χ0v) is 14.1. The third-order valence-electron chi connectivity index (χ3n) is 3.27. The van der Waals surface area contributed by atoms with E-state index < -0.39 is 0 Å².